The second-order valence-corrected chi connectivity index (χ2v) is 6.79. The van der Waals surface area contributed by atoms with Gasteiger partial charge in [-0.2, -0.15) is 0 Å². The first kappa shape index (κ1) is 15.1. The molecule has 0 bridgehead atoms. The van der Waals surface area contributed by atoms with Crippen LogP contribution < -0.4 is 5.32 Å². The van der Waals surface area contributed by atoms with Crippen molar-refractivity contribution in [3.8, 4) is 0 Å². The number of nitrogens with one attached hydrogen (secondary N) is 1. The highest BCUT2D eigenvalue weighted by Gasteiger charge is 2.17. The Morgan fingerprint density at radius 2 is 2.15 bits per heavy atom. The molecule has 1 aromatic heterocycles. The van der Waals surface area contributed by atoms with E-state index in [0.717, 1.165) is 24.2 Å². The van der Waals surface area contributed by atoms with Gasteiger partial charge in [0.2, 0.25) is 0 Å². The van der Waals surface area contributed by atoms with Gasteiger partial charge in [-0.05, 0) is 44.9 Å². The maximum absolute atomic E-state index is 13.4. The van der Waals surface area contributed by atoms with Crippen LogP contribution >= 0.6 is 11.3 Å². The Morgan fingerprint density at radius 1 is 1.35 bits per heavy atom. The molecule has 20 heavy (non-hydrogen) atoms. The lowest BCUT2D eigenvalue weighted by Crippen LogP contribution is -2.39. The van der Waals surface area contributed by atoms with E-state index < -0.39 is 0 Å². The van der Waals surface area contributed by atoms with Crippen LogP contribution in [0.5, 0.6) is 0 Å². The third-order valence-corrected chi connectivity index (χ3v) is 3.77. The van der Waals surface area contributed by atoms with E-state index in [1.165, 1.54) is 6.07 Å². The summed E-state index contributed by atoms with van der Waals surface area (Å²) in [4.78, 5) is 4.35. The van der Waals surface area contributed by atoms with Crippen LogP contribution in [0.15, 0.2) is 35.2 Å². The van der Waals surface area contributed by atoms with Gasteiger partial charge in [0.05, 0.1) is 11.2 Å². The molecule has 0 saturated heterocycles. The summed E-state index contributed by atoms with van der Waals surface area (Å²) in [6.45, 7) is 7.22. The summed E-state index contributed by atoms with van der Waals surface area (Å²) in [5, 5.41) is 5.56. The molecule has 0 saturated carbocycles. The first-order valence-corrected chi connectivity index (χ1v) is 7.76. The molecule has 1 aromatic carbocycles. The van der Waals surface area contributed by atoms with Crippen molar-refractivity contribution in [2.45, 2.75) is 38.6 Å². The molecule has 0 amide bonds. The quantitative estimate of drug-likeness (QED) is 0.901. The molecule has 1 unspecified atom stereocenters. The molecule has 0 radical (unpaired) electrons. The molecule has 2 nitrogen and oxygen atoms in total. The second-order valence-electron chi connectivity index (χ2n) is 6.07. The van der Waals surface area contributed by atoms with Gasteiger partial charge < -0.3 is 5.32 Å². The molecular formula is C16H21FN2S. The maximum Gasteiger partial charge on any atom is 0.123 e. The van der Waals surface area contributed by atoms with Crippen molar-refractivity contribution >= 4 is 11.3 Å². The summed E-state index contributed by atoms with van der Waals surface area (Å²) in [6.07, 6.45) is 0.829. The van der Waals surface area contributed by atoms with E-state index in [0.29, 0.717) is 0 Å². The van der Waals surface area contributed by atoms with E-state index >= 15 is 0 Å². The molecule has 0 aliphatic carbocycles. The van der Waals surface area contributed by atoms with Crippen molar-refractivity contribution < 1.29 is 4.39 Å². The van der Waals surface area contributed by atoms with Crippen molar-refractivity contribution in [3.05, 3.63) is 52.2 Å². The van der Waals surface area contributed by atoms with Gasteiger partial charge in [0.25, 0.3) is 0 Å². The first-order chi connectivity index (χ1) is 9.44. The standard InChI is InChI=1S/C16H21FN2S/c1-16(2,3)19-9-13(8-15-10-20-11-18-15)12-5-4-6-14(17)7-12/h4-7,10-11,13,19H,8-9H2,1-3H3. The van der Waals surface area contributed by atoms with Crippen LogP contribution in [0.25, 0.3) is 0 Å². The number of hydrogen-bond acceptors (Lipinski definition) is 3. The lowest BCUT2D eigenvalue weighted by Gasteiger charge is -2.25. The number of halogens is 1. The average molecular weight is 292 g/mol. The van der Waals surface area contributed by atoms with Gasteiger partial charge in [-0.1, -0.05) is 12.1 Å². The molecule has 4 heteroatoms. The highest BCUT2D eigenvalue weighted by atomic mass is 32.1. The van der Waals surface area contributed by atoms with Crippen LogP contribution in [-0.2, 0) is 6.42 Å². The Morgan fingerprint density at radius 3 is 2.75 bits per heavy atom. The van der Waals surface area contributed by atoms with Gasteiger partial charge in [0, 0.05) is 23.4 Å². The van der Waals surface area contributed by atoms with Gasteiger partial charge in [-0.3, -0.25) is 0 Å². The normalized spacial score (nSPS) is 13.4. The minimum Gasteiger partial charge on any atom is -0.311 e. The van der Waals surface area contributed by atoms with E-state index in [1.54, 1.807) is 23.5 Å². The molecule has 108 valence electrons. The minimum atomic E-state index is -0.179. The van der Waals surface area contributed by atoms with E-state index in [4.69, 9.17) is 0 Å². The zero-order chi connectivity index (χ0) is 14.6. The predicted molar refractivity (Wildman–Crippen MR) is 82.7 cm³/mol. The van der Waals surface area contributed by atoms with Gasteiger partial charge >= 0.3 is 0 Å². The van der Waals surface area contributed by atoms with E-state index in [9.17, 15) is 4.39 Å². The lowest BCUT2D eigenvalue weighted by atomic mass is 9.93. The molecule has 0 aliphatic heterocycles. The van der Waals surface area contributed by atoms with Crippen LogP contribution in [-0.4, -0.2) is 17.1 Å². The first-order valence-electron chi connectivity index (χ1n) is 6.81. The summed E-state index contributed by atoms with van der Waals surface area (Å²) in [6, 6.07) is 6.88. The Labute approximate surface area is 124 Å². The highest BCUT2D eigenvalue weighted by Crippen LogP contribution is 2.22. The lowest BCUT2D eigenvalue weighted by molar-refractivity contribution is 0.404. The van der Waals surface area contributed by atoms with E-state index in [1.807, 2.05) is 11.6 Å². The molecule has 0 fully saturated rings. The molecule has 2 aromatic rings. The van der Waals surface area contributed by atoms with Crippen molar-refractivity contribution in [1.82, 2.24) is 10.3 Å². The van der Waals surface area contributed by atoms with Gasteiger partial charge in [-0.25, -0.2) is 9.37 Å². The summed E-state index contributed by atoms with van der Waals surface area (Å²) in [7, 11) is 0. The van der Waals surface area contributed by atoms with Crippen LogP contribution in [0, 0.1) is 5.82 Å². The number of nitrogens with zero attached hydrogens (tertiary/aromatic N) is 1. The highest BCUT2D eigenvalue weighted by molar-refractivity contribution is 7.07. The molecular weight excluding hydrogens is 271 g/mol. The van der Waals surface area contributed by atoms with E-state index in [2.05, 4.69) is 36.5 Å². The third kappa shape index (κ3) is 4.69. The molecule has 1 N–H and O–H groups in total. The Kier molecular flexibility index (Phi) is 4.89. The largest absolute Gasteiger partial charge is 0.311 e. The predicted octanol–water partition coefficient (Wildman–Crippen LogP) is 4.00. The van der Waals surface area contributed by atoms with Crippen molar-refractivity contribution in [2.24, 2.45) is 0 Å². The number of hydrogen-bond donors (Lipinski definition) is 1. The summed E-state index contributed by atoms with van der Waals surface area (Å²) >= 11 is 1.60. The smallest absolute Gasteiger partial charge is 0.123 e. The molecule has 1 heterocycles. The topological polar surface area (TPSA) is 24.9 Å². The van der Waals surface area contributed by atoms with Crippen molar-refractivity contribution in [1.29, 1.82) is 0 Å². The van der Waals surface area contributed by atoms with Gasteiger partial charge in [0.1, 0.15) is 5.82 Å². The van der Waals surface area contributed by atoms with Crippen LogP contribution in [0.3, 0.4) is 0 Å². The zero-order valence-corrected chi connectivity index (χ0v) is 13.0. The number of thiazole rings is 1. The fourth-order valence-corrected chi connectivity index (χ4v) is 2.66. The minimum absolute atomic E-state index is 0.0493. The molecule has 0 aliphatic rings. The van der Waals surface area contributed by atoms with E-state index in [-0.39, 0.29) is 17.3 Å². The SMILES string of the molecule is CC(C)(C)NCC(Cc1cscn1)c1cccc(F)c1. The fourth-order valence-electron chi connectivity index (χ4n) is 2.09. The van der Waals surface area contributed by atoms with Gasteiger partial charge in [-0.15, -0.1) is 11.3 Å². The molecule has 1 atom stereocenters. The maximum atomic E-state index is 13.4. The summed E-state index contributed by atoms with van der Waals surface area (Å²) in [5.41, 5.74) is 3.98. The Balaban J connectivity index is 2.15. The molecule has 2 rings (SSSR count). The zero-order valence-electron chi connectivity index (χ0n) is 12.2. The van der Waals surface area contributed by atoms with Crippen LogP contribution in [0.4, 0.5) is 4.39 Å². The van der Waals surface area contributed by atoms with Gasteiger partial charge in [0.15, 0.2) is 0 Å². The number of rotatable bonds is 5. The third-order valence-electron chi connectivity index (χ3n) is 3.14. The monoisotopic (exact) mass is 292 g/mol. The summed E-state index contributed by atoms with van der Waals surface area (Å²) < 4.78 is 13.4. The van der Waals surface area contributed by atoms with Crippen LogP contribution in [0.1, 0.15) is 37.9 Å². The fraction of sp³-hybridized carbons (Fsp3) is 0.438. The Bertz CT molecular complexity index is 532. The Hall–Kier alpha value is -1.26. The van der Waals surface area contributed by atoms with Crippen LogP contribution in [0.2, 0.25) is 0 Å². The summed E-state index contributed by atoms with van der Waals surface area (Å²) in [5.74, 6) is 0.0496. The van der Waals surface area contributed by atoms with Crippen molar-refractivity contribution in [2.75, 3.05) is 6.54 Å². The average Bonchev–Trinajstić information content (AvgIpc) is 2.86. The number of aromatic nitrogens is 1. The van der Waals surface area contributed by atoms with Crippen molar-refractivity contribution in [3.63, 3.8) is 0 Å². The second kappa shape index (κ2) is 6.46. The molecule has 0 spiro atoms. The number of benzene rings is 1.